The van der Waals surface area contributed by atoms with Gasteiger partial charge >= 0.3 is 0 Å². The van der Waals surface area contributed by atoms with Crippen molar-refractivity contribution in [2.45, 2.75) is 11.0 Å². The van der Waals surface area contributed by atoms with Gasteiger partial charge in [0, 0.05) is 33.2 Å². The first kappa shape index (κ1) is 29.4. The summed E-state index contributed by atoms with van der Waals surface area (Å²) in [6.45, 7) is 0. The first-order valence-corrected chi connectivity index (χ1v) is 17.1. The van der Waals surface area contributed by atoms with E-state index in [1.54, 1.807) is 7.11 Å². The zero-order valence-electron chi connectivity index (χ0n) is 27.7. The molecular formula is C47H30O4. The van der Waals surface area contributed by atoms with Gasteiger partial charge in [-0.25, -0.2) is 0 Å². The Labute approximate surface area is 295 Å². The molecule has 0 aromatic heterocycles. The highest BCUT2D eigenvalue weighted by Crippen LogP contribution is 2.66. The lowest BCUT2D eigenvalue weighted by Crippen LogP contribution is -2.35. The van der Waals surface area contributed by atoms with E-state index < -0.39 is 11.0 Å². The molecule has 10 rings (SSSR count). The monoisotopic (exact) mass is 658 g/mol. The van der Waals surface area contributed by atoms with E-state index in [9.17, 15) is 9.59 Å². The third-order valence-corrected chi connectivity index (χ3v) is 11.1. The van der Waals surface area contributed by atoms with Crippen LogP contribution in [0.2, 0.25) is 0 Å². The van der Waals surface area contributed by atoms with E-state index in [2.05, 4.69) is 91.0 Å². The smallest absolute Gasteiger partial charge is 0.178 e. The number of ether oxygens (including phenoxy) is 2. The average Bonchev–Trinajstić information content (AvgIpc) is 3.68. The van der Waals surface area contributed by atoms with E-state index >= 15 is 0 Å². The number of hydrogen-bond acceptors (Lipinski definition) is 4. The molecule has 1 spiro atoms. The van der Waals surface area contributed by atoms with Gasteiger partial charge in [0.25, 0.3) is 0 Å². The molecule has 242 valence electrons. The minimum Gasteiger partial charge on any atom is -0.497 e. The van der Waals surface area contributed by atoms with Crippen LogP contribution in [0.15, 0.2) is 146 Å². The number of methoxy groups -OCH3 is 1. The molecule has 0 radical (unpaired) electrons. The minimum absolute atomic E-state index is 0.575. The molecule has 4 nitrogen and oxygen atoms in total. The van der Waals surface area contributed by atoms with E-state index in [0.717, 1.165) is 51.3 Å². The van der Waals surface area contributed by atoms with Gasteiger partial charge in [-0.1, -0.05) is 127 Å². The highest BCUT2D eigenvalue weighted by Gasteiger charge is 2.54. The molecule has 7 aromatic carbocycles. The highest BCUT2D eigenvalue weighted by atomic mass is 16.5. The Morgan fingerprint density at radius 3 is 1.75 bits per heavy atom. The maximum atomic E-state index is 12.3. The molecule has 2 aliphatic carbocycles. The normalized spacial score (nSPS) is 16.8. The summed E-state index contributed by atoms with van der Waals surface area (Å²) in [6.07, 6.45) is 6.11. The average molecular weight is 659 g/mol. The Hall–Kier alpha value is -6.52. The van der Waals surface area contributed by atoms with Crippen LogP contribution in [-0.4, -0.2) is 19.7 Å². The third kappa shape index (κ3) is 3.79. The van der Waals surface area contributed by atoms with Crippen LogP contribution in [0.5, 0.6) is 11.5 Å². The van der Waals surface area contributed by atoms with Crippen molar-refractivity contribution in [3.05, 3.63) is 196 Å². The Balaban J connectivity index is 1.35. The first-order valence-electron chi connectivity index (χ1n) is 17.1. The molecule has 3 aliphatic rings. The molecule has 7 aromatic rings. The second kappa shape index (κ2) is 10.7. The topological polar surface area (TPSA) is 52.6 Å². The van der Waals surface area contributed by atoms with Gasteiger partial charge in [-0.3, -0.25) is 9.59 Å². The van der Waals surface area contributed by atoms with Crippen molar-refractivity contribution in [2.24, 2.45) is 0 Å². The van der Waals surface area contributed by atoms with Crippen LogP contribution in [0.3, 0.4) is 0 Å². The van der Waals surface area contributed by atoms with Crippen LogP contribution in [0.25, 0.3) is 39.1 Å². The Bertz CT molecular complexity index is 2590. The molecule has 51 heavy (non-hydrogen) atoms. The summed E-state index contributed by atoms with van der Waals surface area (Å²) in [6, 6.07) is 47.7. The van der Waals surface area contributed by atoms with Crippen LogP contribution >= 0.6 is 0 Å². The molecule has 1 heterocycles. The predicted octanol–water partition coefficient (Wildman–Crippen LogP) is 10.2. The van der Waals surface area contributed by atoms with Gasteiger partial charge in [-0.15, -0.1) is 0 Å². The van der Waals surface area contributed by atoms with Crippen LogP contribution < -0.4 is 9.47 Å². The third-order valence-electron chi connectivity index (χ3n) is 11.1. The molecule has 1 aliphatic heterocycles. The molecule has 1 atom stereocenters. The van der Waals surface area contributed by atoms with Crippen molar-refractivity contribution in [1.82, 2.24) is 0 Å². The molecule has 0 bridgehead atoms. The lowest BCUT2D eigenvalue weighted by Gasteiger charge is -2.39. The second-order valence-electron chi connectivity index (χ2n) is 13.4. The van der Waals surface area contributed by atoms with Crippen molar-refractivity contribution in [3.63, 3.8) is 0 Å². The van der Waals surface area contributed by atoms with Crippen LogP contribution in [0.4, 0.5) is 0 Å². The van der Waals surface area contributed by atoms with Crippen molar-refractivity contribution in [1.29, 1.82) is 0 Å². The SMILES string of the molecule is COc1ccc(C2(c3ccc(C=O)cc3)C=Cc3c4c(c5ccc(C=O)cc5c3O2)-c2ccccc2C42c3ccccc3-c3ccccc32)cc1. The Morgan fingerprint density at radius 2 is 1.14 bits per heavy atom. The number of benzene rings is 7. The highest BCUT2D eigenvalue weighted by molar-refractivity contribution is 6.12. The number of aldehydes is 2. The van der Waals surface area contributed by atoms with E-state index in [-0.39, 0.29) is 0 Å². The van der Waals surface area contributed by atoms with E-state index in [0.29, 0.717) is 16.9 Å². The van der Waals surface area contributed by atoms with Gasteiger partial charge in [-0.2, -0.15) is 0 Å². The summed E-state index contributed by atoms with van der Waals surface area (Å²) < 4.78 is 13.0. The molecule has 0 amide bonds. The van der Waals surface area contributed by atoms with E-state index in [1.165, 1.54) is 38.9 Å². The number of rotatable bonds is 5. The van der Waals surface area contributed by atoms with Crippen molar-refractivity contribution < 1.29 is 19.1 Å². The summed E-state index contributed by atoms with van der Waals surface area (Å²) in [4.78, 5) is 24.0. The van der Waals surface area contributed by atoms with Crippen molar-refractivity contribution in [2.75, 3.05) is 7.11 Å². The minimum atomic E-state index is -1.05. The molecule has 0 N–H and O–H groups in total. The quantitative estimate of drug-likeness (QED) is 0.173. The second-order valence-corrected chi connectivity index (χ2v) is 13.4. The van der Waals surface area contributed by atoms with Crippen LogP contribution in [0.1, 0.15) is 59.7 Å². The van der Waals surface area contributed by atoms with Crippen molar-refractivity contribution in [3.8, 4) is 33.8 Å². The molecule has 0 saturated carbocycles. The largest absolute Gasteiger partial charge is 0.497 e. The Morgan fingerprint density at radius 1 is 0.588 bits per heavy atom. The van der Waals surface area contributed by atoms with E-state index in [4.69, 9.17) is 9.47 Å². The number of carbonyl (C=O) groups excluding carboxylic acids is 2. The van der Waals surface area contributed by atoms with Crippen LogP contribution in [-0.2, 0) is 11.0 Å². The fourth-order valence-corrected chi connectivity index (χ4v) is 8.99. The fraction of sp³-hybridized carbons (Fsp3) is 0.0638. The maximum absolute atomic E-state index is 12.3. The summed E-state index contributed by atoms with van der Waals surface area (Å²) in [5.74, 6) is 1.45. The fourth-order valence-electron chi connectivity index (χ4n) is 8.99. The lowest BCUT2D eigenvalue weighted by molar-refractivity contribution is 0.111. The standard InChI is InChI=1S/C47H30O4/c1-50-33-21-19-32(20-22-33)46(31-17-14-29(27-48)15-18-31)25-24-38-44-43(36-23-16-30(28-49)26-39(36)45(38)51-46)37-10-4-7-13-42(37)47(44)40-11-5-2-8-34(40)35-9-3-6-12-41(35)47/h2-28H,1H3. The van der Waals surface area contributed by atoms with Gasteiger partial charge in [0.1, 0.15) is 24.1 Å². The zero-order valence-corrected chi connectivity index (χ0v) is 27.7. The number of carbonyl (C=O) groups is 2. The molecule has 4 heteroatoms. The summed E-state index contributed by atoms with van der Waals surface area (Å²) in [7, 11) is 1.65. The van der Waals surface area contributed by atoms with Gasteiger partial charge in [0.05, 0.1) is 12.5 Å². The van der Waals surface area contributed by atoms with E-state index in [1.807, 2.05) is 60.7 Å². The maximum Gasteiger partial charge on any atom is 0.178 e. The molecule has 0 fully saturated rings. The summed E-state index contributed by atoms with van der Waals surface area (Å²) >= 11 is 0. The summed E-state index contributed by atoms with van der Waals surface area (Å²) in [5, 5.41) is 1.89. The molecule has 0 saturated heterocycles. The predicted molar refractivity (Wildman–Crippen MR) is 201 cm³/mol. The van der Waals surface area contributed by atoms with Gasteiger partial charge in [-0.05, 0) is 74.2 Å². The Kier molecular flexibility index (Phi) is 6.19. The first-order chi connectivity index (χ1) is 25.1. The number of hydrogen-bond donors (Lipinski definition) is 0. The molecular weight excluding hydrogens is 629 g/mol. The van der Waals surface area contributed by atoms with Gasteiger partial charge in [0.15, 0.2) is 5.60 Å². The summed E-state index contributed by atoms with van der Waals surface area (Å²) in [5.41, 5.74) is 11.9. The lowest BCUT2D eigenvalue weighted by atomic mass is 9.68. The van der Waals surface area contributed by atoms with Gasteiger partial charge in [0.2, 0.25) is 0 Å². The molecule has 1 unspecified atom stereocenters. The van der Waals surface area contributed by atoms with Crippen LogP contribution in [0, 0.1) is 0 Å². The van der Waals surface area contributed by atoms with Gasteiger partial charge < -0.3 is 9.47 Å². The van der Waals surface area contributed by atoms with Crippen molar-refractivity contribution >= 4 is 29.4 Å². The number of fused-ring (bicyclic) bond motifs is 15. The zero-order chi connectivity index (χ0) is 34.3.